The van der Waals surface area contributed by atoms with Gasteiger partial charge in [0.05, 0.1) is 11.4 Å². The Hall–Kier alpha value is -4.13. The highest BCUT2D eigenvalue weighted by atomic mass is 16.2. The quantitative estimate of drug-likeness (QED) is 0.575. The van der Waals surface area contributed by atoms with E-state index in [0.717, 1.165) is 0 Å². The summed E-state index contributed by atoms with van der Waals surface area (Å²) in [7, 11) is 0. The number of rotatable bonds is 5. The molecule has 0 bridgehead atoms. The molecule has 2 amide bonds. The van der Waals surface area contributed by atoms with Crippen LogP contribution in [0.25, 0.3) is 0 Å². The van der Waals surface area contributed by atoms with Crippen molar-refractivity contribution in [2.24, 2.45) is 4.99 Å². The lowest BCUT2D eigenvalue weighted by Gasteiger charge is -2.29. The maximum atomic E-state index is 13.7. The molecule has 0 spiro atoms. The second-order valence-electron chi connectivity index (χ2n) is 6.81. The lowest BCUT2D eigenvalue weighted by atomic mass is 10.1. The molecular weight excluding hydrogens is 378 g/mol. The lowest BCUT2D eigenvalue weighted by molar-refractivity contribution is -0.126. The van der Waals surface area contributed by atoms with E-state index in [9.17, 15) is 9.59 Å². The van der Waals surface area contributed by atoms with Crippen molar-refractivity contribution in [3.63, 3.8) is 0 Å². The average molecular weight is 399 g/mol. The fourth-order valence-electron chi connectivity index (χ4n) is 3.27. The Morgan fingerprint density at radius 1 is 0.900 bits per heavy atom. The molecule has 1 fully saturated rings. The number of nitrogens with zero attached hydrogens (tertiary/aromatic N) is 2. The third-order valence-corrected chi connectivity index (χ3v) is 4.58. The van der Waals surface area contributed by atoms with Crippen LogP contribution in [-0.4, -0.2) is 23.3 Å². The highest BCUT2D eigenvalue weighted by Gasteiger charge is 2.54. The Morgan fingerprint density at radius 2 is 1.47 bits per heavy atom. The van der Waals surface area contributed by atoms with Gasteiger partial charge >= 0.3 is 0 Å². The van der Waals surface area contributed by atoms with Gasteiger partial charge in [-0.25, -0.2) is 10.0 Å². The predicted octanol–water partition coefficient (Wildman–Crippen LogP) is 3.21. The smallest absolute Gasteiger partial charge is 0.300 e. The molecule has 0 aromatic heterocycles. The Morgan fingerprint density at radius 3 is 2.07 bits per heavy atom. The van der Waals surface area contributed by atoms with E-state index in [1.165, 1.54) is 11.9 Å². The van der Waals surface area contributed by atoms with Gasteiger partial charge in [-0.2, -0.15) is 0 Å². The highest BCUT2D eigenvalue weighted by molar-refractivity contribution is 6.26. The molecule has 3 aromatic rings. The van der Waals surface area contributed by atoms with Gasteiger partial charge in [0.25, 0.3) is 11.6 Å². The number of hydrazine groups is 1. The average Bonchev–Trinajstić information content (AvgIpc) is 3.01. The summed E-state index contributed by atoms with van der Waals surface area (Å²) in [4.78, 5) is 30.5. The predicted molar refractivity (Wildman–Crippen MR) is 117 cm³/mol. The molecule has 3 aromatic carbocycles. The molecule has 1 atom stereocenters. The molecule has 150 valence electrons. The van der Waals surface area contributed by atoms with Crippen molar-refractivity contribution in [3.8, 4) is 0 Å². The van der Waals surface area contributed by atoms with Crippen LogP contribution in [0.1, 0.15) is 6.92 Å². The van der Waals surface area contributed by atoms with E-state index in [2.05, 4.69) is 21.1 Å². The highest BCUT2D eigenvalue weighted by Crippen LogP contribution is 2.27. The number of nitrogens with one attached hydrogen (secondary N) is 3. The molecule has 3 N–H and O–H groups in total. The molecule has 0 aliphatic carbocycles. The normalized spacial score (nSPS) is 19.4. The lowest BCUT2D eigenvalue weighted by Crippen LogP contribution is -2.63. The van der Waals surface area contributed by atoms with Gasteiger partial charge < -0.3 is 10.6 Å². The molecule has 4 rings (SSSR count). The molecule has 1 unspecified atom stereocenters. The number of anilines is 2. The number of hydrogen-bond donors (Lipinski definition) is 3. The van der Waals surface area contributed by atoms with E-state index in [1.807, 2.05) is 78.9 Å². The molecule has 1 saturated heterocycles. The number of carbonyl (C=O) groups excluding carboxylic acids is 2. The van der Waals surface area contributed by atoms with E-state index in [1.54, 1.807) is 12.1 Å². The van der Waals surface area contributed by atoms with Crippen LogP contribution < -0.4 is 21.1 Å². The number of carbonyl (C=O) groups is 2. The minimum atomic E-state index is -1.60. The zero-order valence-electron chi connectivity index (χ0n) is 16.4. The summed E-state index contributed by atoms with van der Waals surface area (Å²) in [5, 5.41) is 7.36. The maximum Gasteiger partial charge on any atom is 0.300 e. The van der Waals surface area contributed by atoms with Gasteiger partial charge in [0, 0.05) is 12.6 Å². The second kappa shape index (κ2) is 8.08. The van der Waals surface area contributed by atoms with Gasteiger partial charge in [-0.05, 0) is 36.4 Å². The summed E-state index contributed by atoms with van der Waals surface area (Å²) in [6.07, 6.45) is 0. The van der Waals surface area contributed by atoms with E-state index in [4.69, 9.17) is 0 Å². The molecule has 7 nitrogen and oxygen atoms in total. The first-order chi connectivity index (χ1) is 14.6. The van der Waals surface area contributed by atoms with Crippen molar-refractivity contribution in [1.82, 2.24) is 10.7 Å². The Balaban J connectivity index is 1.85. The largest absolute Gasteiger partial charge is 0.349 e. The van der Waals surface area contributed by atoms with Crippen LogP contribution in [0.4, 0.5) is 17.1 Å². The number of hydrogen-bond acceptors (Lipinski definition) is 4. The Bertz CT molecular complexity index is 1070. The SMILES string of the molecule is CC(=O)NC1(Nc2ccccc2)C(=O)N(c2ccccc2)NC1=Nc1ccccc1. The third-order valence-electron chi connectivity index (χ3n) is 4.58. The number of benzene rings is 3. The van der Waals surface area contributed by atoms with Crippen molar-refractivity contribution in [2.75, 3.05) is 10.3 Å². The number of amidine groups is 1. The van der Waals surface area contributed by atoms with Crippen LogP contribution in [0.2, 0.25) is 0 Å². The van der Waals surface area contributed by atoms with Gasteiger partial charge in [0.15, 0.2) is 5.84 Å². The summed E-state index contributed by atoms with van der Waals surface area (Å²) in [5.74, 6) is -0.506. The minimum Gasteiger partial charge on any atom is -0.349 e. The van der Waals surface area contributed by atoms with E-state index < -0.39 is 11.6 Å². The van der Waals surface area contributed by atoms with Crippen LogP contribution in [-0.2, 0) is 9.59 Å². The topological polar surface area (TPSA) is 85.8 Å². The van der Waals surface area contributed by atoms with E-state index in [-0.39, 0.29) is 11.7 Å². The number of amides is 2. The summed E-state index contributed by atoms with van der Waals surface area (Å²) < 4.78 is 0. The first-order valence-corrected chi connectivity index (χ1v) is 9.51. The fourth-order valence-corrected chi connectivity index (χ4v) is 3.27. The molecule has 0 radical (unpaired) electrons. The molecule has 30 heavy (non-hydrogen) atoms. The van der Waals surface area contributed by atoms with Crippen molar-refractivity contribution in [3.05, 3.63) is 91.0 Å². The number of para-hydroxylation sites is 3. The van der Waals surface area contributed by atoms with Crippen LogP contribution in [0.3, 0.4) is 0 Å². The van der Waals surface area contributed by atoms with Gasteiger partial charge in [0.2, 0.25) is 5.91 Å². The second-order valence-corrected chi connectivity index (χ2v) is 6.81. The molecule has 7 heteroatoms. The van der Waals surface area contributed by atoms with Gasteiger partial charge in [-0.1, -0.05) is 54.6 Å². The van der Waals surface area contributed by atoms with Crippen molar-refractivity contribution in [2.45, 2.75) is 12.6 Å². The Labute approximate surface area is 174 Å². The van der Waals surface area contributed by atoms with E-state index >= 15 is 0 Å². The summed E-state index contributed by atoms with van der Waals surface area (Å²) >= 11 is 0. The molecule has 1 heterocycles. The van der Waals surface area contributed by atoms with Crippen LogP contribution in [0.15, 0.2) is 96.0 Å². The summed E-state index contributed by atoms with van der Waals surface area (Å²) in [6.45, 7) is 1.37. The monoisotopic (exact) mass is 399 g/mol. The first kappa shape index (κ1) is 19.2. The van der Waals surface area contributed by atoms with E-state index in [0.29, 0.717) is 17.1 Å². The molecular formula is C23H21N5O2. The molecule has 1 aliphatic rings. The third kappa shape index (κ3) is 3.73. The van der Waals surface area contributed by atoms with Gasteiger partial charge in [0.1, 0.15) is 0 Å². The summed E-state index contributed by atoms with van der Waals surface area (Å²) in [6, 6.07) is 27.6. The van der Waals surface area contributed by atoms with Crippen LogP contribution >= 0.6 is 0 Å². The van der Waals surface area contributed by atoms with Crippen molar-refractivity contribution < 1.29 is 9.59 Å². The molecule has 0 saturated carbocycles. The van der Waals surface area contributed by atoms with Gasteiger partial charge in [-0.15, -0.1) is 0 Å². The Kier molecular flexibility index (Phi) is 5.17. The zero-order valence-corrected chi connectivity index (χ0v) is 16.4. The zero-order chi connectivity index (χ0) is 21.0. The van der Waals surface area contributed by atoms with Crippen LogP contribution in [0, 0.1) is 0 Å². The van der Waals surface area contributed by atoms with Gasteiger partial charge in [-0.3, -0.25) is 15.0 Å². The minimum absolute atomic E-state index is 0.265. The maximum absolute atomic E-state index is 13.7. The van der Waals surface area contributed by atoms with Crippen LogP contribution in [0.5, 0.6) is 0 Å². The standard InChI is InChI=1S/C23H21N5O2/c1-17(29)25-23(26-19-13-7-3-8-14-19)21(24-18-11-5-2-6-12-18)27-28(22(23)30)20-15-9-4-10-16-20/h2-16,26H,1H3,(H,24,27)(H,25,29). The fraction of sp³-hybridized carbons (Fsp3) is 0.0870. The van der Waals surface area contributed by atoms with Crippen molar-refractivity contribution >= 4 is 34.7 Å². The first-order valence-electron chi connectivity index (χ1n) is 9.51. The molecule has 1 aliphatic heterocycles. The summed E-state index contributed by atoms with van der Waals surface area (Å²) in [5.41, 5.74) is 3.42. The number of aliphatic imine (C=N–C) groups is 1. The van der Waals surface area contributed by atoms with Crippen molar-refractivity contribution in [1.29, 1.82) is 0 Å².